The third-order valence-electron chi connectivity index (χ3n) is 4.73. The van der Waals surface area contributed by atoms with Crippen LogP contribution in [-0.4, -0.2) is 22.9 Å². The van der Waals surface area contributed by atoms with Crippen LogP contribution in [0.1, 0.15) is 33.8 Å². The lowest BCUT2D eigenvalue weighted by atomic mass is 9.85. The number of nitrogens with zero attached hydrogens (tertiary/aromatic N) is 1. The Morgan fingerprint density at radius 1 is 1.28 bits per heavy atom. The molecule has 0 aliphatic carbocycles. The highest BCUT2D eigenvalue weighted by molar-refractivity contribution is 6.34. The average molecular weight is 421 g/mol. The van der Waals surface area contributed by atoms with E-state index >= 15 is 0 Å². The Morgan fingerprint density at radius 2 is 1.97 bits per heavy atom. The average Bonchev–Trinajstić information content (AvgIpc) is 2.64. The highest BCUT2D eigenvalue weighted by Gasteiger charge is 2.34. The molecule has 1 aliphatic heterocycles. The largest absolute Gasteiger partial charge is 0.478 e. The third-order valence-corrected chi connectivity index (χ3v) is 5.03. The Morgan fingerprint density at radius 3 is 2.55 bits per heavy atom. The molecule has 1 aliphatic rings. The number of carboxylic acids is 1. The fourth-order valence-electron chi connectivity index (χ4n) is 3.29. The molecule has 2 aromatic carbocycles. The van der Waals surface area contributed by atoms with Crippen LogP contribution in [0.25, 0.3) is 0 Å². The van der Waals surface area contributed by atoms with Crippen LogP contribution in [0.5, 0.6) is 0 Å². The number of carboxylic acid groups (broad SMARTS) is 1. The van der Waals surface area contributed by atoms with E-state index in [1.54, 1.807) is 0 Å². The molecule has 3 rings (SSSR count). The Hall–Kier alpha value is -3.26. The fourth-order valence-corrected chi connectivity index (χ4v) is 3.57. The van der Waals surface area contributed by atoms with E-state index in [1.807, 2.05) is 0 Å². The standard InChI is InChI=1S/C20H15ClF2N2O4/c1-9-15(7-14(21)17(18(9)23)19(24)27)25-8-13(20(28)29)12(6-16(25)26)10-3-2-4-11(22)5-10/h2-5,7-8,12H,6H2,1H3,(H2,24,27)(H,28,29). The molecule has 0 radical (unpaired) electrons. The van der Waals surface area contributed by atoms with Crippen molar-refractivity contribution in [3.8, 4) is 0 Å². The predicted octanol–water partition coefficient (Wildman–Crippen LogP) is 3.51. The van der Waals surface area contributed by atoms with Crippen molar-refractivity contribution < 1.29 is 28.3 Å². The Bertz CT molecular complexity index is 1080. The van der Waals surface area contributed by atoms with Crippen LogP contribution < -0.4 is 10.6 Å². The summed E-state index contributed by atoms with van der Waals surface area (Å²) >= 11 is 5.95. The quantitative estimate of drug-likeness (QED) is 0.790. The molecular formula is C20H15ClF2N2O4. The smallest absolute Gasteiger partial charge is 0.333 e. The lowest BCUT2D eigenvalue weighted by molar-refractivity contribution is -0.133. The number of benzene rings is 2. The summed E-state index contributed by atoms with van der Waals surface area (Å²) in [6.45, 7) is 1.31. The predicted molar refractivity (Wildman–Crippen MR) is 102 cm³/mol. The number of primary amides is 1. The third kappa shape index (κ3) is 3.71. The number of halogens is 3. The summed E-state index contributed by atoms with van der Waals surface area (Å²) in [5, 5.41) is 9.32. The number of aliphatic carboxylic acids is 1. The van der Waals surface area contributed by atoms with Gasteiger partial charge in [0.05, 0.1) is 21.8 Å². The topological polar surface area (TPSA) is 101 Å². The van der Waals surface area contributed by atoms with E-state index in [0.717, 1.165) is 17.2 Å². The van der Waals surface area contributed by atoms with Crippen molar-refractivity contribution >= 4 is 35.1 Å². The maximum absolute atomic E-state index is 14.6. The van der Waals surface area contributed by atoms with E-state index < -0.39 is 40.9 Å². The summed E-state index contributed by atoms with van der Waals surface area (Å²) in [5.74, 6) is -5.36. The number of carbonyl (C=O) groups excluding carboxylic acids is 2. The van der Waals surface area contributed by atoms with Crippen LogP contribution in [0.2, 0.25) is 5.02 Å². The minimum atomic E-state index is -1.31. The number of amides is 2. The van der Waals surface area contributed by atoms with Crippen molar-refractivity contribution in [3.05, 3.63) is 75.5 Å². The van der Waals surface area contributed by atoms with Gasteiger partial charge in [-0.1, -0.05) is 23.7 Å². The molecule has 0 fully saturated rings. The maximum atomic E-state index is 14.6. The molecule has 9 heteroatoms. The maximum Gasteiger partial charge on any atom is 0.333 e. The SMILES string of the molecule is Cc1c(N2C=C(C(=O)O)C(c3cccc(F)c3)CC2=O)cc(Cl)c(C(N)=O)c1F. The van der Waals surface area contributed by atoms with Crippen LogP contribution in [0.3, 0.4) is 0 Å². The van der Waals surface area contributed by atoms with Gasteiger partial charge in [-0.05, 0) is 30.7 Å². The van der Waals surface area contributed by atoms with E-state index in [9.17, 15) is 28.3 Å². The summed E-state index contributed by atoms with van der Waals surface area (Å²) in [7, 11) is 0. The van der Waals surface area contributed by atoms with Crippen LogP contribution >= 0.6 is 11.6 Å². The lowest BCUT2D eigenvalue weighted by Gasteiger charge is -2.31. The first kappa shape index (κ1) is 20.5. The van der Waals surface area contributed by atoms with E-state index in [1.165, 1.54) is 31.2 Å². The summed E-state index contributed by atoms with van der Waals surface area (Å²) in [4.78, 5) is 36.9. The molecule has 1 heterocycles. The number of anilines is 1. The summed E-state index contributed by atoms with van der Waals surface area (Å²) < 4.78 is 28.2. The molecule has 1 unspecified atom stereocenters. The molecule has 6 nitrogen and oxygen atoms in total. The summed E-state index contributed by atoms with van der Waals surface area (Å²) in [6.07, 6.45) is 0.781. The number of rotatable bonds is 4. The molecule has 0 spiro atoms. The van der Waals surface area contributed by atoms with Crippen molar-refractivity contribution in [2.45, 2.75) is 19.3 Å². The van der Waals surface area contributed by atoms with Crippen molar-refractivity contribution in [2.24, 2.45) is 5.73 Å². The van der Waals surface area contributed by atoms with Crippen LogP contribution in [0.4, 0.5) is 14.5 Å². The van der Waals surface area contributed by atoms with Gasteiger partial charge in [0.2, 0.25) is 5.91 Å². The second-order valence-corrected chi connectivity index (χ2v) is 6.93. The number of nitrogens with two attached hydrogens (primary N) is 1. The minimum Gasteiger partial charge on any atom is -0.478 e. The molecule has 0 aromatic heterocycles. The minimum absolute atomic E-state index is 0.0149. The molecule has 3 N–H and O–H groups in total. The highest BCUT2D eigenvalue weighted by atomic mass is 35.5. The van der Waals surface area contributed by atoms with Gasteiger partial charge in [-0.25, -0.2) is 13.6 Å². The molecule has 2 aromatic rings. The first-order valence-electron chi connectivity index (χ1n) is 8.42. The van der Waals surface area contributed by atoms with Gasteiger partial charge in [-0.2, -0.15) is 0 Å². The summed E-state index contributed by atoms with van der Waals surface area (Å²) in [5.41, 5.74) is 4.66. The Kier molecular flexibility index (Phi) is 5.39. The molecule has 0 bridgehead atoms. The van der Waals surface area contributed by atoms with Crippen LogP contribution in [-0.2, 0) is 9.59 Å². The summed E-state index contributed by atoms with van der Waals surface area (Å²) in [6, 6.07) is 6.49. The molecule has 2 amide bonds. The van der Waals surface area contributed by atoms with Gasteiger partial charge in [-0.15, -0.1) is 0 Å². The normalized spacial score (nSPS) is 16.6. The molecule has 1 atom stereocenters. The van der Waals surface area contributed by atoms with Crippen molar-refractivity contribution in [3.63, 3.8) is 0 Å². The van der Waals surface area contributed by atoms with Gasteiger partial charge >= 0.3 is 5.97 Å². The number of hydrogen-bond donors (Lipinski definition) is 2. The van der Waals surface area contributed by atoms with E-state index in [0.29, 0.717) is 5.56 Å². The van der Waals surface area contributed by atoms with Gasteiger partial charge < -0.3 is 10.8 Å². The van der Waals surface area contributed by atoms with Crippen molar-refractivity contribution in [2.75, 3.05) is 4.90 Å². The van der Waals surface area contributed by atoms with Gasteiger partial charge in [0, 0.05) is 24.1 Å². The Balaban J connectivity index is 2.14. The molecule has 150 valence electrons. The second-order valence-electron chi connectivity index (χ2n) is 6.52. The van der Waals surface area contributed by atoms with E-state index in [-0.39, 0.29) is 28.3 Å². The second kappa shape index (κ2) is 7.63. The van der Waals surface area contributed by atoms with Gasteiger partial charge in [0.25, 0.3) is 5.91 Å². The van der Waals surface area contributed by atoms with Gasteiger partial charge in [0.1, 0.15) is 11.6 Å². The van der Waals surface area contributed by atoms with Crippen molar-refractivity contribution in [1.29, 1.82) is 0 Å². The fraction of sp³-hybridized carbons (Fsp3) is 0.150. The molecule has 0 saturated carbocycles. The first-order chi connectivity index (χ1) is 13.6. The zero-order chi connectivity index (χ0) is 21.5. The van der Waals surface area contributed by atoms with E-state index in [2.05, 4.69) is 0 Å². The van der Waals surface area contributed by atoms with Gasteiger partial charge in [0.15, 0.2) is 0 Å². The van der Waals surface area contributed by atoms with Crippen molar-refractivity contribution in [1.82, 2.24) is 0 Å². The zero-order valence-electron chi connectivity index (χ0n) is 15.1. The number of carbonyl (C=O) groups is 3. The molecular weight excluding hydrogens is 406 g/mol. The molecule has 0 saturated heterocycles. The highest BCUT2D eigenvalue weighted by Crippen LogP contribution is 2.38. The van der Waals surface area contributed by atoms with Crippen LogP contribution in [0, 0.1) is 18.6 Å². The monoisotopic (exact) mass is 420 g/mol. The first-order valence-corrected chi connectivity index (χ1v) is 8.80. The molecule has 29 heavy (non-hydrogen) atoms. The van der Waals surface area contributed by atoms with E-state index in [4.69, 9.17) is 17.3 Å². The number of hydrogen-bond acceptors (Lipinski definition) is 3. The Labute approximate surface area is 169 Å². The zero-order valence-corrected chi connectivity index (χ0v) is 15.8. The van der Waals surface area contributed by atoms with Crippen LogP contribution in [0.15, 0.2) is 42.1 Å². The van der Waals surface area contributed by atoms with Gasteiger partial charge in [-0.3, -0.25) is 14.5 Å². The lowest BCUT2D eigenvalue weighted by Crippen LogP contribution is -2.35.